The second-order valence-electron chi connectivity index (χ2n) is 7.01. The highest BCUT2D eigenvalue weighted by molar-refractivity contribution is 6.02. The number of hydrogen-bond donors (Lipinski definition) is 2. The van der Waals surface area contributed by atoms with Gasteiger partial charge in [0.1, 0.15) is 5.69 Å². The number of ether oxygens (including phenoxy) is 2. The molecular formula is C19H28N4O8. The Hall–Kier alpha value is -2.83. The highest BCUT2D eigenvalue weighted by Crippen LogP contribution is 2.36. The molecule has 1 aliphatic rings. The SMILES string of the molecule is CCCN(CCO)c1c(C(=O)NCCOC2CCCCO2)cc([N+](=O)[O-])cc1[N+](=O)[O-]. The maximum absolute atomic E-state index is 12.8. The smallest absolute Gasteiger partial charge is 0.300 e. The molecule has 0 radical (unpaired) electrons. The zero-order chi connectivity index (χ0) is 22.8. The van der Waals surface area contributed by atoms with Crippen LogP contribution < -0.4 is 10.2 Å². The topological polar surface area (TPSA) is 157 Å². The summed E-state index contributed by atoms with van der Waals surface area (Å²) in [7, 11) is 0. The van der Waals surface area contributed by atoms with Gasteiger partial charge in [-0.15, -0.1) is 0 Å². The normalized spacial score (nSPS) is 16.0. The van der Waals surface area contributed by atoms with Gasteiger partial charge in [0.25, 0.3) is 17.3 Å². The molecule has 1 saturated heterocycles. The van der Waals surface area contributed by atoms with E-state index >= 15 is 0 Å². The Kier molecular flexibility index (Phi) is 9.56. The van der Waals surface area contributed by atoms with E-state index in [2.05, 4.69) is 5.32 Å². The fourth-order valence-corrected chi connectivity index (χ4v) is 3.37. The van der Waals surface area contributed by atoms with E-state index in [1.165, 1.54) is 4.90 Å². The Morgan fingerprint density at radius 2 is 2.06 bits per heavy atom. The van der Waals surface area contributed by atoms with Crippen molar-refractivity contribution in [2.45, 2.75) is 38.9 Å². The second kappa shape index (κ2) is 12.1. The van der Waals surface area contributed by atoms with Gasteiger partial charge < -0.3 is 24.8 Å². The van der Waals surface area contributed by atoms with Crippen LogP contribution >= 0.6 is 0 Å². The third-order valence-corrected chi connectivity index (χ3v) is 4.74. The molecule has 31 heavy (non-hydrogen) atoms. The number of carbonyl (C=O) groups is 1. The van der Waals surface area contributed by atoms with E-state index in [1.54, 1.807) is 0 Å². The average molecular weight is 440 g/mol. The molecule has 0 saturated carbocycles. The van der Waals surface area contributed by atoms with Gasteiger partial charge >= 0.3 is 0 Å². The van der Waals surface area contributed by atoms with Gasteiger partial charge in [-0.2, -0.15) is 0 Å². The highest BCUT2D eigenvalue weighted by Gasteiger charge is 2.30. The number of aliphatic hydroxyl groups excluding tert-OH is 1. The number of nitrogens with one attached hydrogen (secondary N) is 1. The van der Waals surface area contributed by atoms with Crippen molar-refractivity contribution in [1.29, 1.82) is 0 Å². The van der Waals surface area contributed by atoms with Crippen molar-refractivity contribution in [3.8, 4) is 0 Å². The maximum Gasteiger partial charge on any atom is 0.300 e. The molecule has 2 N–H and O–H groups in total. The molecule has 1 fully saturated rings. The first-order chi connectivity index (χ1) is 14.9. The number of anilines is 1. The minimum Gasteiger partial charge on any atom is -0.395 e. The van der Waals surface area contributed by atoms with E-state index < -0.39 is 27.1 Å². The van der Waals surface area contributed by atoms with Crippen LogP contribution in [-0.4, -0.2) is 66.6 Å². The predicted molar refractivity (Wildman–Crippen MR) is 111 cm³/mol. The minimum atomic E-state index is -0.784. The summed E-state index contributed by atoms with van der Waals surface area (Å²) in [5.74, 6) is -0.700. The van der Waals surface area contributed by atoms with Gasteiger partial charge in [-0.1, -0.05) is 6.92 Å². The molecule has 1 aromatic carbocycles. The molecule has 1 heterocycles. The molecule has 1 amide bonds. The first-order valence-corrected chi connectivity index (χ1v) is 10.2. The van der Waals surface area contributed by atoms with Crippen LogP contribution in [0, 0.1) is 20.2 Å². The summed E-state index contributed by atoms with van der Waals surface area (Å²) >= 11 is 0. The van der Waals surface area contributed by atoms with Gasteiger partial charge in [0, 0.05) is 32.3 Å². The van der Waals surface area contributed by atoms with Crippen LogP contribution in [0.4, 0.5) is 17.1 Å². The lowest BCUT2D eigenvalue weighted by Crippen LogP contribution is -2.34. The third-order valence-electron chi connectivity index (χ3n) is 4.74. The number of non-ortho nitro benzene ring substituents is 1. The number of nitro groups is 2. The van der Waals surface area contributed by atoms with Crippen molar-refractivity contribution in [2.75, 3.05) is 44.4 Å². The zero-order valence-corrected chi connectivity index (χ0v) is 17.4. The fourth-order valence-electron chi connectivity index (χ4n) is 3.37. The molecule has 1 aromatic rings. The van der Waals surface area contributed by atoms with Crippen molar-refractivity contribution in [3.05, 3.63) is 37.9 Å². The molecule has 0 aromatic heterocycles. The second-order valence-corrected chi connectivity index (χ2v) is 7.01. The maximum atomic E-state index is 12.8. The molecule has 12 heteroatoms. The summed E-state index contributed by atoms with van der Waals surface area (Å²) in [6, 6.07) is 1.85. The number of amides is 1. The molecule has 1 unspecified atom stereocenters. The summed E-state index contributed by atoms with van der Waals surface area (Å²) in [6.07, 6.45) is 3.00. The van der Waals surface area contributed by atoms with E-state index in [4.69, 9.17) is 9.47 Å². The number of benzene rings is 1. The molecule has 1 aliphatic heterocycles. The minimum absolute atomic E-state index is 0.0366. The van der Waals surface area contributed by atoms with Crippen molar-refractivity contribution in [3.63, 3.8) is 0 Å². The molecular weight excluding hydrogens is 412 g/mol. The van der Waals surface area contributed by atoms with Crippen molar-refractivity contribution in [1.82, 2.24) is 5.32 Å². The molecule has 172 valence electrons. The first-order valence-electron chi connectivity index (χ1n) is 10.2. The van der Waals surface area contributed by atoms with E-state index in [-0.39, 0.29) is 43.8 Å². The Balaban J connectivity index is 2.27. The first kappa shape index (κ1) is 24.4. The number of nitrogens with zero attached hydrogens (tertiary/aromatic N) is 3. The molecule has 0 spiro atoms. The fraction of sp³-hybridized carbons (Fsp3) is 0.632. The lowest BCUT2D eigenvalue weighted by molar-refractivity contribution is -0.393. The number of nitro benzene ring substituents is 2. The summed E-state index contributed by atoms with van der Waals surface area (Å²) in [5, 5.41) is 34.9. The van der Waals surface area contributed by atoms with Gasteiger partial charge in [0.05, 0.1) is 34.7 Å². The number of rotatable bonds is 12. The summed E-state index contributed by atoms with van der Waals surface area (Å²) in [6.45, 7) is 2.78. The molecule has 0 aliphatic carbocycles. The monoisotopic (exact) mass is 440 g/mol. The zero-order valence-electron chi connectivity index (χ0n) is 17.4. The Morgan fingerprint density at radius 3 is 2.65 bits per heavy atom. The summed E-state index contributed by atoms with van der Waals surface area (Å²) < 4.78 is 11.0. The molecule has 2 rings (SSSR count). The number of hydrogen-bond acceptors (Lipinski definition) is 9. The Morgan fingerprint density at radius 1 is 1.29 bits per heavy atom. The molecule has 12 nitrogen and oxygen atoms in total. The number of aliphatic hydroxyl groups is 1. The standard InChI is InChI=1S/C19H28N4O8/c1-2-7-21(8-9-24)18-15(12-14(22(26)27)13-16(18)23(28)29)19(25)20-6-11-31-17-5-3-4-10-30-17/h12-13,17,24H,2-11H2,1H3,(H,20,25). The Bertz CT molecular complexity index is 776. The lowest BCUT2D eigenvalue weighted by Gasteiger charge is -2.25. The van der Waals surface area contributed by atoms with Crippen LogP contribution in [0.25, 0.3) is 0 Å². The third kappa shape index (κ3) is 6.84. The van der Waals surface area contributed by atoms with Gasteiger partial charge in [0.15, 0.2) is 6.29 Å². The average Bonchev–Trinajstić information content (AvgIpc) is 2.76. The molecule has 1 atom stereocenters. The van der Waals surface area contributed by atoms with E-state index in [0.717, 1.165) is 31.4 Å². The van der Waals surface area contributed by atoms with E-state index in [9.17, 15) is 30.1 Å². The van der Waals surface area contributed by atoms with Crippen LogP contribution in [0.3, 0.4) is 0 Å². The summed E-state index contributed by atoms with van der Waals surface area (Å²) in [4.78, 5) is 35.7. The lowest BCUT2D eigenvalue weighted by atomic mass is 10.1. The number of carbonyl (C=O) groups excluding carboxylic acids is 1. The summed E-state index contributed by atoms with van der Waals surface area (Å²) in [5.41, 5.74) is -1.38. The van der Waals surface area contributed by atoms with Crippen LogP contribution in [0.15, 0.2) is 12.1 Å². The van der Waals surface area contributed by atoms with Crippen LogP contribution in [0.1, 0.15) is 43.0 Å². The van der Waals surface area contributed by atoms with Gasteiger partial charge in [0.2, 0.25) is 0 Å². The van der Waals surface area contributed by atoms with Crippen LogP contribution in [0.2, 0.25) is 0 Å². The van der Waals surface area contributed by atoms with E-state index in [0.29, 0.717) is 19.6 Å². The molecule has 0 bridgehead atoms. The van der Waals surface area contributed by atoms with E-state index in [1.807, 2.05) is 6.92 Å². The van der Waals surface area contributed by atoms with Gasteiger partial charge in [-0.3, -0.25) is 25.0 Å². The van der Waals surface area contributed by atoms with Crippen molar-refractivity contribution < 1.29 is 29.2 Å². The predicted octanol–water partition coefficient (Wildman–Crippen LogP) is 1.98. The quantitative estimate of drug-likeness (QED) is 0.282. The van der Waals surface area contributed by atoms with Crippen molar-refractivity contribution >= 4 is 23.0 Å². The van der Waals surface area contributed by atoms with Gasteiger partial charge in [-0.05, 0) is 25.7 Å². The largest absolute Gasteiger partial charge is 0.395 e. The Labute approximate surface area is 179 Å². The van der Waals surface area contributed by atoms with Gasteiger partial charge in [-0.25, -0.2) is 0 Å². The van der Waals surface area contributed by atoms with Crippen molar-refractivity contribution in [2.24, 2.45) is 0 Å². The van der Waals surface area contributed by atoms with Crippen LogP contribution in [0.5, 0.6) is 0 Å². The highest BCUT2D eigenvalue weighted by atomic mass is 16.7. The van der Waals surface area contributed by atoms with Crippen LogP contribution in [-0.2, 0) is 9.47 Å².